The number of hydrogen-bond donors (Lipinski definition) is 1. The number of carbonyl (C=O) groups is 1. The van der Waals surface area contributed by atoms with Crippen molar-refractivity contribution in [1.29, 1.82) is 0 Å². The Morgan fingerprint density at radius 2 is 1.86 bits per heavy atom. The van der Waals surface area contributed by atoms with Crippen molar-refractivity contribution in [2.45, 2.75) is 25.1 Å². The number of nitrogens with zero attached hydrogens (tertiary/aromatic N) is 5. The summed E-state index contributed by atoms with van der Waals surface area (Å²) in [5.41, 5.74) is 3.19. The summed E-state index contributed by atoms with van der Waals surface area (Å²) >= 11 is 2.97. The molecule has 0 aliphatic heterocycles. The molecule has 1 N–H and O–H groups in total. The minimum Gasteiger partial charge on any atom is -0.308 e. The number of carbonyl (C=O) groups excluding carboxylic acids is 1. The molecule has 0 unspecified atom stereocenters. The first-order valence-electron chi connectivity index (χ1n) is 9.14. The van der Waals surface area contributed by atoms with Crippen LogP contribution < -0.4 is 5.32 Å². The van der Waals surface area contributed by atoms with Crippen LogP contribution in [0.2, 0.25) is 0 Å². The molecule has 0 radical (unpaired) electrons. The summed E-state index contributed by atoms with van der Waals surface area (Å²) in [6.45, 7) is 5.93. The van der Waals surface area contributed by atoms with Crippen molar-refractivity contribution in [1.82, 2.24) is 24.5 Å². The molecule has 0 fully saturated rings. The molecule has 9 heteroatoms. The van der Waals surface area contributed by atoms with Gasteiger partial charge in [-0.25, -0.2) is 4.68 Å². The van der Waals surface area contributed by atoms with Crippen LogP contribution in [0.15, 0.2) is 53.1 Å². The molecule has 4 aromatic rings. The van der Waals surface area contributed by atoms with Gasteiger partial charge in [0.1, 0.15) is 5.56 Å². The van der Waals surface area contributed by atoms with Crippen molar-refractivity contribution >= 4 is 34.1 Å². The Morgan fingerprint density at radius 1 is 1.14 bits per heavy atom. The van der Waals surface area contributed by atoms with Gasteiger partial charge in [-0.05, 0) is 43.9 Å². The van der Waals surface area contributed by atoms with E-state index in [1.807, 2.05) is 67.2 Å². The Hall–Kier alpha value is -2.91. The van der Waals surface area contributed by atoms with E-state index < -0.39 is 0 Å². The van der Waals surface area contributed by atoms with Crippen molar-refractivity contribution in [2.75, 3.05) is 11.1 Å². The first-order valence-corrected chi connectivity index (χ1v) is 10.9. The standard InChI is InChI=1S/C20H20N6OS2/c1-4-28-20-23-22-19(29-20)21-17(27)16-14(3)24-26(15-9-7-13(2)8-10-15)18(16)25-11-5-6-12-25/h5-12H,4H2,1-3H3,(H,21,22,27). The minimum atomic E-state index is -0.256. The summed E-state index contributed by atoms with van der Waals surface area (Å²) in [6, 6.07) is 11.9. The molecule has 1 aromatic carbocycles. The maximum absolute atomic E-state index is 13.2. The number of hydrogen-bond acceptors (Lipinski definition) is 6. The number of thioether (sulfide) groups is 1. The first kappa shape index (κ1) is 19.4. The summed E-state index contributed by atoms with van der Waals surface area (Å²) < 4.78 is 4.52. The lowest BCUT2D eigenvalue weighted by Crippen LogP contribution is -2.16. The average molecular weight is 425 g/mol. The van der Waals surface area contributed by atoms with Gasteiger partial charge in [0.15, 0.2) is 10.2 Å². The van der Waals surface area contributed by atoms with Gasteiger partial charge in [-0.1, -0.05) is 47.7 Å². The fraction of sp³-hybridized carbons (Fsp3) is 0.200. The Kier molecular flexibility index (Phi) is 5.50. The van der Waals surface area contributed by atoms with Gasteiger partial charge < -0.3 is 4.57 Å². The molecule has 1 amide bonds. The van der Waals surface area contributed by atoms with Crippen LogP contribution in [-0.4, -0.2) is 36.2 Å². The molecule has 0 spiro atoms. The SMILES string of the molecule is CCSc1nnc(NC(=O)c2c(C)nn(-c3ccc(C)cc3)c2-n2cccc2)s1. The molecule has 148 valence electrons. The largest absolute Gasteiger partial charge is 0.308 e. The lowest BCUT2D eigenvalue weighted by Gasteiger charge is -2.11. The Morgan fingerprint density at radius 3 is 2.55 bits per heavy atom. The number of benzene rings is 1. The quantitative estimate of drug-likeness (QED) is 0.364. The van der Waals surface area contributed by atoms with Crippen molar-refractivity contribution < 1.29 is 4.79 Å². The van der Waals surface area contributed by atoms with Crippen molar-refractivity contribution in [3.63, 3.8) is 0 Å². The van der Waals surface area contributed by atoms with E-state index in [9.17, 15) is 4.79 Å². The van der Waals surface area contributed by atoms with Crippen LogP contribution in [0.1, 0.15) is 28.5 Å². The lowest BCUT2D eigenvalue weighted by molar-refractivity contribution is 0.102. The van der Waals surface area contributed by atoms with E-state index in [2.05, 4.69) is 27.5 Å². The summed E-state index contributed by atoms with van der Waals surface area (Å²) in [7, 11) is 0. The second-order valence-electron chi connectivity index (χ2n) is 6.38. The van der Waals surface area contributed by atoms with Crippen LogP contribution in [0.5, 0.6) is 0 Å². The lowest BCUT2D eigenvalue weighted by atomic mass is 10.2. The summed E-state index contributed by atoms with van der Waals surface area (Å²) in [4.78, 5) is 13.2. The molecule has 0 aliphatic rings. The average Bonchev–Trinajstić information content (AvgIpc) is 3.43. The Bertz CT molecular complexity index is 1130. The maximum atomic E-state index is 13.2. The third-order valence-electron chi connectivity index (χ3n) is 4.29. The Labute approximate surface area is 176 Å². The van der Waals surface area contributed by atoms with Gasteiger partial charge in [0, 0.05) is 12.4 Å². The number of anilines is 1. The topological polar surface area (TPSA) is 77.6 Å². The second kappa shape index (κ2) is 8.22. The van der Waals surface area contributed by atoms with Gasteiger partial charge in [0.2, 0.25) is 5.13 Å². The van der Waals surface area contributed by atoms with Crippen LogP contribution in [0.3, 0.4) is 0 Å². The smallest absolute Gasteiger partial charge is 0.263 e. The monoisotopic (exact) mass is 424 g/mol. The summed E-state index contributed by atoms with van der Waals surface area (Å²) in [5, 5.41) is 16.2. The van der Waals surface area contributed by atoms with Gasteiger partial charge in [0.05, 0.1) is 11.4 Å². The van der Waals surface area contributed by atoms with Crippen LogP contribution in [-0.2, 0) is 0 Å². The van der Waals surface area contributed by atoms with Crippen LogP contribution in [0, 0.1) is 13.8 Å². The molecule has 7 nitrogen and oxygen atoms in total. The third-order valence-corrected chi connectivity index (χ3v) is 6.14. The predicted molar refractivity (Wildman–Crippen MR) is 117 cm³/mol. The van der Waals surface area contributed by atoms with E-state index >= 15 is 0 Å². The Balaban J connectivity index is 1.76. The van der Waals surface area contributed by atoms with Crippen LogP contribution in [0.4, 0.5) is 5.13 Å². The number of rotatable bonds is 6. The van der Waals surface area contributed by atoms with Crippen molar-refractivity contribution in [2.24, 2.45) is 0 Å². The molecule has 0 saturated heterocycles. The van der Waals surface area contributed by atoms with E-state index in [4.69, 9.17) is 0 Å². The highest BCUT2D eigenvalue weighted by molar-refractivity contribution is 8.01. The fourth-order valence-corrected chi connectivity index (χ4v) is 4.61. The second-order valence-corrected chi connectivity index (χ2v) is 8.87. The highest BCUT2D eigenvalue weighted by Crippen LogP contribution is 2.27. The van der Waals surface area contributed by atoms with E-state index in [0.717, 1.165) is 21.3 Å². The third kappa shape index (κ3) is 3.96. The van der Waals surface area contributed by atoms with Gasteiger partial charge in [-0.3, -0.25) is 10.1 Å². The first-order chi connectivity index (χ1) is 14.1. The van der Waals surface area contributed by atoms with Gasteiger partial charge >= 0.3 is 0 Å². The number of aryl methyl sites for hydroxylation is 2. The summed E-state index contributed by atoms with van der Waals surface area (Å²) in [5.74, 6) is 1.33. The molecule has 3 aromatic heterocycles. The number of nitrogens with one attached hydrogen (secondary N) is 1. The predicted octanol–water partition coefficient (Wildman–Crippen LogP) is 4.50. The molecular weight excluding hydrogens is 404 g/mol. The normalized spacial score (nSPS) is 11.0. The zero-order chi connectivity index (χ0) is 20.4. The van der Waals surface area contributed by atoms with Crippen molar-refractivity contribution in [3.05, 3.63) is 65.6 Å². The van der Waals surface area contributed by atoms with Crippen molar-refractivity contribution in [3.8, 4) is 11.5 Å². The molecule has 3 heterocycles. The van der Waals surface area contributed by atoms with E-state index in [1.165, 1.54) is 11.3 Å². The van der Waals surface area contributed by atoms with Gasteiger partial charge in [0.25, 0.3) is 5.91 Å². The van der Waals surface area contributed by atoms with Gasteiger partial charge in [-0.15, -0.1) is 10.2 Å². The van der Waals surface area contributed by atoms with E-state index in [1.54, 1.807) is 16.4 Å². The van der Waals surface area contributed by atoms with Crippen LogP contribution >= 0.6 is 23.1 Å². The molecule has 4 rings (SSSR count). The zero-order valence-corrected chi connectivity index (χ0v) is 17.9. The number of amides is 1. The van der Waals surface area contributed by atoms with Gasteiger partial charge in [-0.2, -0.15) is 5.10 Å². The molecular formula is C20H20N6OS2. The molecule has 0 saturated carbocycles. The highest BCUT2D eigenvalue weighted by Gasteiger charge is 2.24. The summed E-state index contributed by atoms with van der Waals surface area (Å²) in [6.07, 6.45) is 3.80. The molecule has 0 atom stereocenters. The van der Waals surface area contributed by atoms with E-state index in [-0.39, 0.29) is 5.91 Å². The van der Waals surface area contributed by atoms with Crippen LogP contribution in [0.25, 0.3) is 11.5 Å². The number of aromatic nitrogens is 5. The fourth-order valence-electron chi connectivity index (χ4n) is 2.96. The van der Waals surface area contributed by atoms with E-state index in [0.29, 0.717) is 22.2 Å². The molecule has 0 aliphatic carbocycles. The minimum absolute atomic E-state index is 0.256. The maximum Gasteiger partial charge on any atom is 0.263 e. The highest BCUT2D eigenvalue weighted by atomic mass is 32.2. The molecule has 29 heavy (non-hydrogen) atoms. The molecule has 0 bridgehead atoms. The zero-order valence-electron chi connectivity index (χ0n) is 16.3.